The summed E-state index contributed by atoms with van der Waals surface area (Å²) >= 11 is 0. The van der Waals surface area contributed by atoms with Gasteiger partial charge in [0.2, 0.25) is 0 Å². The van der Waals surface area contributed by atoms with Crippen molar-refractivity contribution < 1.29 is 4.74 Å². The van der Waals surface area contributed by atoms with Gasteiger partial charge in [-0.2, -0.15) is 0 Å². The van der Waals surface area contributed by atoms with Crippen LogP contribution < -0.4 is 10.3 Å². The molecule has 0 radical (unpaired) electrons. The summed E-state index contributed by atoms with van der Waals surface area (Å²) in [5.41, 5.74) is -0.0673. The highest BCUT2D eigenvalue weighted by Gasteiger charge is 2.00. The van der Waals surface area contributed by atoms with Gasteiger partial charge in [-0.15, -0.1) is 0 Å². The van der Waals surface area contributed by atoms with E-state index >= 15 is 0 Å². The van der Waals surface area contributed by atoms with Gasteiger partial charge >= 0.3 is 0 Å². The van der Waals surface area contributed by atoms with Crippen molar-refractivity contribution in [2.75, 3.05) is 27.2 Å². The number of benzene rings is 1. The van der Waals surface area contributed by atoms with Gasteiger partial charge in [-0.1, -0.05) is 0 Å². The van der Waals surface area contributed by atoms with Crippen LogP contribution in [0.15, 0.2) is 35.3 Å². The first-order valence-corrected chi connectivity index (χ1v) is 5.56. The molecular weight excluding hydrogens is 216 g/mol. The van der Waals surface area contributed by atoms with E-state index in [9.17, 15) is 4.79 Å². The molecule has 2 aromatic rings. The molecule has 1 heterocycles. The zero-order valence-corrected chi connectivity index (χ0v) is 10.1. The molecule has 0 aliphatic rings. The zero-order valence-electron chi connectivity index (χ0n) is 10.1. The number of aromatic nitrogens is 1. The van der Waals surface area contributed by atoms with Gasteiger partial charge in [-0.05, 0) is 43.7 Å². The monoisotopic (exact) mass is 232 g/mol. The molecule has 0 saturated heterocycles. The van der Waals surface area contributed by atoms with E-state index in [1.165, 1.54) is 0 Å². The first-order chi connectivity index (χ1) is 8.16. The standard InChI is InChI=1S/C13H16N2O2/c1-15(2)7-8-17-11-3-4-12-10(9-11)5-6-14-13(12)16/h3-6,9H,7-8H2,1-2H3,(H,14,16). The topological polar surface area (TPSA) is 45.3 Å². The number of nitrogens with one attached hydrogen (secondary N) is 1. The third kappa shape index (κ3) is 2.85. The number of hydrogen-bond donors (Lipinski definition) is 1. The highest BCUT2D eigenvalue weighted by atomic mass is 16.5. The SMILES string of the molecule is CN(C)CCOc1ccc2c(=O)[nH]ccc2c1. The van der Waals surface area contributed by atoms with Gasteiger partial charge in [0.1, 0.15) is 12.4 Å². The van der Waals surface area contributed by atoms with Crippen LogP contribution in [0.1, 0.15) is 0 Å². The molecule has 1 N–H and O–H groups in total. The van der Waals surface area contributed by atoms with Gasteiger partial charge in [0, 0.05) is 18.1 Å². The van der Waals surface area contributed by atoms with Gasteiger partial charge in [0.05, 0.1) is 0 Å². The Morgan fingerprint density at radius 3 is 2.88 bits per heavy atom. The van der Waals surface area contributed by atoms with Crippen molar-refractivity contribution in [1.82, 2.24) is 9.88 Å². The van der Waals surface area contributed by atoms with Crippen molar-refractivity contribution in [3.05, 3.63) is 40.8 Å². The molecule has 1 aromatic carbocycles. The lowest BCUT2D eigenvalue weighted by atomic mass is 10.2. The molecule has 1 aromatic heterocycles. The molecule has 0 saturated carbocycles. The molecule has 0 spiro atoms. The lowest BCUT2D eigenvalue weighted by Gasteiger charge is -2.11. The van der Waals surface area contributed by atoms with Gasteiger partial charge in [0.15, 0.2) is 0 Å². The molecule has 0 aliphatic heterocycles. The van der Waals surface area contributed by atoms with Crippen molar-refractivity contribution in [1.29, 1.82) is 0 Å². The smallest absolute Gasteiger partial charge is 0.255 e. The first kappa shape index (κ1) is 11.7. The number of nitrogens with zero attached hydrogens (tertiary/aromatic N) is 1. The molecular formula is C13H16N2O2. The molecule has 90 valence electrons. The molecule has 17 heavy (non-hydrogen) atoms. The number of aromatic amines is 1. The predicted molar refractivity (Wildman–Crippen MR) is 68.6 cm³/mol. The zero-order chi connectivity index (χ0) is 12.3. The van der Waals surface area contributed by atoms with E-state index in [0.29, 0.717) is 12.0 Å². The number of H-pyrrole nitrogens is 1. The van der Waals surface area contributed by atoms with Crippen molar-refractivity contribution in [2.24, 2.45) is 0 Å². The third-order valence-electron chi connectivity index (χ3n) is 2.55. The second-order valence-corrected chi connectivity index (χ2v) is 4.21. The minimum absolute atomic E-state index is 0.0673. The summed E-state index contributed by atoms with van der Waals surface area (Å²) in [6.45, 7) is 1.51. The van der Waals surface area contributed by atoms with Crippen molar-refractivity contribution in [3.63, 3.8) is 0 Å². The maximum absolute atomic E-state index is 11.5. The Hall–Kier alpha value is -1.81. The summed E-state index contributed by atoms with van der Waals surface area (Å²) in [4.78, 5) is 16.2. The normalized spacial score (nSPS) is 11.0. The molecule has 4 heteroatoms. The fraction of sp³-hybridized carbons (Fsp3) is 0.308. The Labute approximate surface area is 99.8 Å². The van der Waals surface area contributed by atoms with Crippen molar-refractivity contribution in [3.8, 4) is 5.75 Å². The van der Waals surface area contributed by atoms with Crippen LogP contribution >= 0.6 is 0 Å². The Morgan fingerprint density at radius 2 is 2.12 bits per heavy atom. The van der Waals surface area contributed by atoms with Crippen molar-refractivity contribution >= 4 is 10.8 Å². The van der Waals surface area contributed by atoms with E-state index in [0.717, 1.165) is 17.7 Å². The van der Waals surface area contributed by atoms with Gasteiger partial charge in [-0.25, -0.2) is 0 Å². The van der Waals surface area contributed by atoms with E-state index in [4.69, 9.17) is 4.74 Å². The average molecular weight is 232 g/mol. The van der Waals surface area contributed by atoms with Crippen LogP contribution in [-0.4, -0.2) is 37.1 Å². The first-order valence-electron chi connectivity index (χ1n) is 5.56. The molecule has 0 aliphatic carbocycles. The van der Waals surface area contributed by atoms with Crippen LogP contribution in [-0.2, 0) is 0 Å². The molecule has 4 nitrogen and oxygen atoms in total. The second kappa shape index (κ2) is 5.01. The van der Waals surface area contributed by atoms with E-state index < -0.39 is 0 Å². The number of pyridine rings is 1. The predicted octanol–water partition coefficient (Wildman–Crippen LogP) is 1.47. The van der Waals surface area contributed by atoms with Crippen molar-refractivity contribution in [2.45, 2.75) is 0 Å². The Bertz CT molecular complexity index is 561. The lowest BCUT2D eigenvalue weighted by Crippen LogP contribution is -2.19. The van der Waals surface area contributed by atoms with Gasteiger partial charge in [0.25, 0.3) is 5.56 Å². The minimum Gasteiger partial charge on any atom is -0.492 e. The summed E-state index contributed by atoms with van der Waals surface area (Å²) in [6, 6.07) is 7.38. The van der Waals surface area contributed by atoms with Crippen LogP contribution in [0.25, 0.3) is 10.8 Å². The fourth-order valence-electron chi connectivity index (χ4n) is 1.61. The second-order valence-electron chi connectivity index (χ2n) is 4.21. The highest BCUT2D eigenvalue weighted by molar-refractivity contribution is 5.82. The number of ether oxygens (including phenoxy) is 1. The maximum atomic E-state index is 11.5. The van der Waals surface area contributed by atoms with Gasteiger partial charge < -0.3 is 14.6 Å². The molecule has 0 atom stereocenters. The van der Waals surface area contributed by atoms with Gasteiger partial charge in [-0.3, -0.25) is 4.79 Å². The highest BCUT2D eigenvalue weighted by Crippen LogP contribution is 2.17. The van der Waals surface area contributed by atoms with E-state index in [-0.39, 0.29) is 5.56 Å². The molecule has 0 fully saturated rings. The Kier molecular flexibility index (Phi) is 3.44. The number of fused-ring (bicyclic) bond motifs is 1. The lowest BCUT2D eigenvalue weighted by molar-refractivity contribution is 0.261. The van der Waals surface area contributed by atoms with Crippen LogP contribution in [0.3, 0.4) is 0 Å². The quantitative estimate of drug-likeness (QED) is 0.868. The van der Waals surface area contributed by atoms with Crippen LogP contribution in [0.2, 0.25) is 0 Å². The van der Waals surface area contributed by atoms with Crippen LogP contribution in [0, 0.1) is 0 Å². The van der Waals surface area contributed by atoms with E-state index in [1.54, 1.807) is 12.3 Å². The minimum atomic E-state index is -0.0673. The Morgan fingerprint density at radius 1 is 1.29 bits per heavy atom. The summed E-state index contributed by atoms with van der Waals surface area (Å²) < 4.78 is 5.61. The number of likely N-dealkylation sites (N-methyl/N-ethyl adjacent to an activating group) is 1. The molecule has 0 unspecified atom stereocenters. The van der Waals surface area contributed by atoms with Crippen LogP contribution in [0.4, 0.5) is 0 Å². The summed E-state index contributed by atoms with van der Waals surface area (Å²) in [6.07, 6.45) is 1.65. The Balaban J connectivity index is 2.18. The van der Waals surface area contributed by atoms with E-state index in [2.05, 4.69) is 9.88 Å². The largest absolute Gasteiger partial charge is 0.492 e. The summed E-state index contributed by atoms with van der Waals surface area (Å²) in [5, 5.41) is 1.59. The van der Waals surface area contributed by atoms with Crippen LogP contribution in [0.5, 0.6) is 5.75 Å². The average Bonchev–Trinajstić information content (AvgIpc) is 2.29. The summed E-state index contributed by atoms with van der Waals surface area (Å²) in [5.74, 6) is 0.796. The maximum Gasteiger partial charge on any atom is 0.255 e. The summed E-state index contributed by atoms with van der Waals surface area (Å²) in [7, 11) is 4.01. The molecule has 0 bridgehead atoms. The molecule has 0 amide bonds. The number of hydrogen-bond acceptors (Lipinski definition) is 3. The van der Waals surface area contributed by atoms with E-state index in [1.807, 2.05) is 32.3 Å². The number of rotatable bonds is 4. The molecule has 2 rings (SSSR count). The third-order valence-corrected chi connectivity index (χ3v) is 2.55. The fourth-order valence-corrected chi connectivity index (χ4v) is 1.61.